The first-order valence-corrected chi connectivity index (χ1v) is 7.23. The number of nitrogens with zero attached hydrogens (tertiary/aromatic N) is 1. The summed E-state index contributed by atoms with van der Waals surface area (Å²) in [5, 5.41) is 0. The van der Waals surface area contributed by atoms with Crippen LogP contribution >= 0.6 is 0 Å². The summed E-state index contributed by atoms with van der Waals surface area (Å²) in [7, 11) is 0. The number of para-hydroxylation sites is 1. The van der Waals surface area contributed by atoms with Crippen molar-refractivity contribution in [1.29, 1.82) is 0 Å². The molecule has 2 N–H and O–H groups in total. The van der Waals surface area contributed by atoms with Crippen LogP contribution in [-0.2, 0) is 4.74 Å². The molecule has 0 radical (unpaired) electrons. The van der Waals surface area contributed by atoms with Crippen molar-refractivity contribution in [3.05, 3.63) is 29.8 Å². The number of anilines is 1. The second-order valence-corrected chi connectivity index (χ2v) is 6.45. The molecule has 0 aliphatic carbocycles. The van der Waals surface area contributed by atoms with Crippen LogP contribution in [0.4, 0.5) is 14.9 Å². The Morgan fingerprint density at radius 2 is 2.10 bits per heavy atom. The molecule has 1 aromatic rings. The molecular weight excluding hydrogens is 271 g/mol. The van der Waals surface area contributed by atoms with Crippen molar-refractivity contribution >= 4 is 11.8 Å². The lowest BCUT2D eigenvalue weighted by Crippen LogP contribution is -2.37. The zero-order valence-electron chi connectivity index (χ0n) is 12.8. The number of hydrogen-bond acceptors (Lipinski definition) is 3. The van der Waals surface area contributed by atoms with Crippen molar-refractivity contribution in [2.75, 3.05) is 19.0 Å². The van der Waals surface area contributed by atoms with Gasteiger partial charge in [-0.3, -0.25) is 4.39 Å². The molecule has 5 heteroatoms. The number of carbonyl (C=O) groups is 1. The molecule has 1 fully saturated rings. The summed E-state index contributed by atoms with van der Waals surface area (Å²) in [6, 6.07) is 6.95. The maximum absolute atomic E-state index is 13.3. The SMILES string of the molecule is CC(C)(C)OC(=O)N1CCC(CF)C1c1ccccc1N. The fourth-order valence-electron chi connectivity index (χ4n) is 2.75. The van der Waals surface area contributed by atoms with Gasteiger partial charge in [0.05, 0.1) is 12.7 Å². The van der Waals surface area contributed by atoms with Crippen LogP contribution < -0.4 is 5.73 Å². The van der Waals surface area contributed by atoms with Crippen molar-refractivity contribution in [3.63, 3.8) is 0 Å². The number of alkyl halides is 1. The minimum absolute atomic E-state index is 0.234. The molecule has 1 aromatic carbocycles. The first-order chi connectivity index (χ1) is 9.83. The van der Waals surface area contributed by atoms with Gasteiger partial charge >= 0.3 is 6.09 Å². The number of likely N-dealkylation sites (tertiary alicyclic amines) is 1. The van der Waals surface area contributed by atoms with Crippen LogP contribution in [0.2, 0.25) is 0 Å². The van der Waals surface area contributed by atoms with Gasteiger partial charge in [0.1, 0.15) is 5.60 Å². The number of carbonyl (C=O) groups excluding carboxylic acids is 1. The third kappa shape index (κ3) is 3.46. The van der Waals surface area contributed by atoms with Crippen molar-refractivity contribution in [2.45, 2.75) is 38.8 Å². The highest BCUT2D eigenvalue weighted by atomic mass is 19.1. The van der Waals surface area contributed by atoms with Crippen molar-refractivity contribution in [2.24, 2.45) is 5.92 Å². The zero-order valence-corrected chi connectivity index (χ0v) is 12.8. The number of nitrogens with two attached hydrogens (primary N) is 1. The normalized spacial score (nSPS) is 22.4. The van der Waals surface area contributed by atoms with E-state index in [1.165, 1.54) is 0 Å². The molecule has 2 rings (SSSR count). The summed E-state index contributed by atoms with van der Waals surface area (Å²) in [5.41, 5.74) is 6.81. The van der Waals surface area contributed by atoms with Gasteiger partial charge < -0.3 is 15.4 Å². The van der Waals surface area contributed by atoms with Gasteiger partial charge in [-0.1, -0.05) is 18.2 Å². The second-order valence-electron chi connectivity index (χ2n) is 6.45. The highest BCUT2D eigenvalue weighted by molar-refractivity contribution is 5.70. The summed E-state index contributed by atoms with van der Waals surface area (Å²) < 4.78 is 18.8. The zero-order chi connectivity index (χ0) is 15.6. The quantitative estimate of drug-likeness (QED) is 0.849. The van der Waals surface area contributed by atoms with Crippen molar-refractivity contribution < 1.29 is 13.9 Å². The molecule has 1 aliphatic rings. The summed E-state index contributed by atoms with van der Waals surface area (Å²) in [4.78, 5) is 14.0. The Labute approximate surface area is 125 Å². The van der Waals surface area contributed by atoms with Crippen LogP contribution in [0.3, 0.4) is 0 Å². The Morgan fingerprint density at radius 3 is 2.67 bits per heavy atom. The minimum Gasteiger partial charge on any atom is -0.444 e. The molecule has 2 unspecified atom stereocenters. The number of hydrogen-bond donors (Lipinski definition) is 1. The van der Waals surface area contributed by atoms with Crippen LogP contribution in [0.1, 0.15) is 38.8 Å². The number of halogens is 1. The van der Waals surface area contributed by atoms with E-state index in [4.69, 9.17) is 10.5 Å². The Balaban J connectivity index is 2.29. The minimum atomic E-state index is -0.572. The van der Waals surface area contributed by atoms with Gasteiger partial charge in [-0.2, -0.15) is 0 Å². The van der Waals surface area contributed by atoms with Gasteiger partial charge in [-0.15, -0.1) is 0 Å². The van der Waals surface area contributed by atoms with Crippen LogP contribution in [-0.4, -0.2) is 29.8 Å². The molecule has 2 atom stereocenters. The highest BCUT2D eigenvalue weighted by Crippen LogP contribution is 2.40. The molecular formula is C16H23FN2O2. The number of ether oxygens (including phenoxy) is 1. The molecule has 1 heterocycles. The van der Waals surface area contributed by atoms with Gasteiger partial charge in [0, 0.05) is 18.2 Å². The lowest BCUT2D eigenvalue weighted by molar-refractivity contribution is 0.0201. The Morgan fingerprint density at radius 1 is 1.43 bits per heavy atom. The molecule has 21 heavy (non-hydrogen) atoms. The highest BCUT2D eigenvalue weighted by Gasteiger charge is 2.40. The van der Waals surface area contributed by atoms with E-state index in [1.807, 2.05) is 39.0 Å². The number of amides is 1. The largest absolute Gasteiger partial charge is 0.444 e. The van der Waals surface area contributed by atoms with E-state index in [0.717, 1.165) is 5.56 Å². The standard InChI is InChI=1S/C16H23FN2O2/c1-16(2,3)21-15(20)19-9-8-11(10-17)14(19)12-6-4-5-7-13(12)18/h4-7,11,14H,8-10,18H2,1-3H3. The molecule has 0 aromatic heterocycles. The average Bonchev–Trinajstić information content (AvgIpc) is 2.81. The third-order valence-corrected chi connectivity index (χ3v) is 3.66. The predicted octanol–water partition coefficient (Wildman–Crippen LogP) is 3.54. The third-order valence-electron chi connectivity index (χ3n) is 3.66. The molecule has 1 aliphatic heterocycles. The summed E-state index contributed by atoms with van der Waals surface area (Å²) in [6.45, 7) is 5.47. The van der Waals surface area contributed by atoms with Gasteiger partial charge in [0.15, 0.2) is 0 Å². The Bertz CT molecular complexity index is 513. The first kappa shape index (κ1) is 15.6. The molecule has 0 saturated carbocycles. The Kier molecular flexibility index (Phi) is 4.40. The fourth-order valence-corrected chi connectivity index (χ4v) is 2.75. The van der Waals surface area contributed by atoms with E-state index < -0.39 is 18.4 Å². The lowest BCUT2D eigenvalue weighted by Gasteiger charge is -2.31. The second kappa shape index (κ2) is 5.92. The number of rotatable bonds is 2. The van der Waals surface area contributed by atoms with Gasteiger partial charge in [0.2, 0.25) is 0 Å². The number of nitrogen functional groups attached to an aromatic ring is 1. The maximum Gasteiger partial charge on any atom is 0.410 e. The van der Waals surface area contributed by atoms with E-state index >= 15 is 0 Å². The first-order valence-electron chi connectivity index (χ1n) is 7.23. The van der Waals surface area contributed by atoms with Crippen molar-refractivity contribution in [1.82, 2.24) is 4.90 Å². The molecule has 1 saturated heterocycles. The Hall–Kier alpha value is -1.78. The molecule has 0 bridgehead atoms. The van der Waals surface area contributed by atoms with Gasteiger partial charge in [0.25, 0.3) is 0 Å². The summed E-state index contributed by atoms with van der Waals surface area (Å²) in [6.07, 6.45) is 0.209. The monoisotopic (exact) mass is 294 g/mol. The molecule has 1 amide bonds. The van der Waals surface area contributed by atoms with E-state index in [-0.39, 0.29) is 12.0 Å². The van der Waals surface area contributed by atoms with E-state index in [9.17, 15) is 9.18 Å². The molecule has 0 spiro atoms. The predicted molar refractivity (Wildman–Crippen MR) is 80.6 cm³/mol. The van der Waals surface area contributed by atoms with E-state index in [2.05, 4.69) is 0 Å². The fraction of sp³-hybridized carbons (Fsp3) is 0.562. The smallest absolute Gasteiger partial charge is 0.410 e. The molecule has 4 nitrogen and oxygen atoms in total. The van der Waals surface area contributed by atoms with Crippen LogP contribution in [0.15, 0.2) is 24.3 Å². The lowest BCUT2D eigenvalue weighted by atomic mass is 9.94. The average molecular weight is 294 g/mol. The molecule has 116 valence electrons. The van der Waals surface area contributed by atoms with Gasteiger partial charge in [-0.05, 0) is 38.8 Å². The number of benzene rings is 1. The summed E-state index contributed by atoms with van der Waals surface area (Å²) >= 11 is 0. The maximum atomic E-state index is 13.3. The van der Waals surface area contributed by atoms with E-state index in [0.29, 0.717) is 18.7 Å². The van der Waals surface area contributed by atoms with Crippen LogP contribution in [0.25, 0.3) is 0 Å². The summed E-state index contributed by atoms with van der Waals surface area (Å²) in [5.74, 6) is -0.234. The van der Waals surface area contributed by atoms with Crippen LogP contribution in [0.5, 0.6) is 0 Å². The van der Waals surface area contributed by atoms with E-state index in [1.54, 1.807) is 11.0 Å². The van der Waals surface area contributed by atoms with Gasteiger partial charge in [-0.25, -0.2) is 4.79 Å². The topological polar surface area (TPSA) is 55.6 Å². The van der Waals surface area contributed by atoms with Crippen molar-refractivity contribution in [3.8, 4) is 0 Å². The van der Waals surface area contributed by atoms with Crippen LogP contribution in [0, 0.1) is 5.92 Å².